The van der Waals surface area contributed by atoms with Crippen LogP contribution in [0.5, 0.6) is 5.75 Å². The molecule has 0 amide bonds. The van der Waals surface area contributed by atoms with Crippen molar-refractivity contribution in [2.45, 2.75) is 38.3 Å². The lowest BCUT2D eigenvalue weighted by molar-refractivity contribution is 0.438. The zero-order valence-corrected chi connectivity index (χ0v) is 13.0. The minimum absolute atomic E-state index is 0.322. The second-order valence-electron chi connectivity index (χ2n) is 5.21. The van der Waals surface area contributed by atoms with Crippen LogP contribution in [0.25, 0.3) is 0 Å². The first-order valence-corrected chi connectivity index (χ1v) is 8.20. The fourth-order valence-electron chi connectivity index (χ4n) is 2.97. The van der Waals surface area contributed by atoms with E-state index in [0.717, 1.165) is 29.2 Å². The third-order valence-electron chi connectivity index (χ3n) is 3.99. The van der Waals surface area contributed by atoms with Gasteiger partial charge in [0.2, 0.25) is 0 Å². The number of fused-ring (bicyclic) bond motifs is 1. The molecule has 2 aromatic rings. The molecule has 4 heteroatoms. The standard InChI is InChI=1S/C16H18ClNOS/c1-2-12(15-8-9-16(17)20-15)18-13-7-6-11-10(13)4-3-5-14(11)19/h3-5,8-9,12-13,18-19H,2,6-7H2,1H3/t12-,13+/m1/s1. The molecule has 3 rings (SSSR count). The van der Waals surface area contributed by atoms with Gasteiger partial charge in [-0.1, -0.05) is 30.7 Å². The van der Waals surface area contributed by atoms with Gasteiger partial charge in [-0.2, -0.15) is 0 Å². The number of phenols is 1. The fourth-order valence-corrected chi connectivity index (χ4v) is 4.17. The largest absolute Gasteiger partial charge is 0.508 e. The highest BCUT2D eigenvalue weighted by Gasteiger charge is 2.26. The lowest BCUT2D eigenvalue weighted by Crippen LogP contribution is -2.24. The topological polar surface area (TPSA) is 32.3 Å². The maximum atomic E-state index is 9.92. The van der Waals surface area contributed by atoms with Gasteiger partial charge in [0, 0.05) is 17.0 Å². The molecular weight excluding hydrogens is 290 g/mol. The van der Waals surface area contributed by atoms with Gasteiger partial charge in [0.25, 0.3) is 0 Å². The number of halogens is 1. The summed E-state index contributed by atoms with van der Waals surface area (Å²) >= 11 is 7.68. The Hall–Kier alpha value is -1.03. The van der Waals surface area contributed by atoms with Crippen LogP contribution in [0.15, 0.2) is 30.3 Å². The van der Waals surface area contributed by atoms with Crippen LogP contribution in [0.3, 0.4) is 0 Å². The highest BCUT2D eigenvalue weighted by Crippen LogP contribution is 2.39. The summed E-state index contributed by atoms with van der Waals surface area (Å²) in [5, 5.41) is 13.6. The van der Waals surface area contributed by atoms with Crippen LogP contribution < -0.4 is 5.32 Å². The van der Waals surface area contributed by atoms with Crippen LogP contribution >= 0.6 is 22.9 Å². The van der Waals surface area contributed by atoms with Crippen molar-refractivity contribution in [3.05, 3.63) is 50.7 Å². The van der Waals surface area contributed by atoms with Crippen molar-refractivity contribution < 1.29 is 5.11 Å². The smallest absolute Gasteiger partial charge is 0.119 e. The number of rotatable bonds is 4. The molecule has 20 heavy (non-hydrogen) atoms. The first-order valence-electron chi connectivity index (χ1n) is 7.01. The molecule has 2 N–H and O–H groups in total. The predicted molar refractivity (Wildman–Crippen MR) is 84.7 cm³/mol. The second kappa shape index (κ2) is 5.76. The van der Waals surface area contributed by atoms with E-state index in [9.17, 15) is 5.11 Å². The Kier molecular flexibility index (Phi) is 4.01. The van der Waals surface area contributed by atoms with Crippen LogP contribution in [0.4, 0.5) is 0 Å². The predicted octanol–water partition coefficient (Wildman–Crippen LogP) is 4.84. The van der Waals surface area contributed by atoms with Crippen molar-refractivity contribution in [2.75, 3.05) is 0 Å². The average Bonchev–Trinajstić information content (AvgIpc) is 3.04. The summed E-state index contributed by atoms with van der Waals surface area (Å²) in [5.74, 6) is 0.430. The van der Waals surface area contributed by atoms with E-state index in [-0.39, 0.29) is 0 Å². The van der Waals surface area contributed by atoms with Crippen LogP contribution in [0.2, 0.25) is 4.34 Å². The van der Waals surface area contributed by atoms with Gasteiger partial charge in [-0.15, -0.1) is 11.3 Å². The molecule has 106 valence electrons. The molecule has 1 aromatic heterocycles. The van der Waals surface area contributed by atoms with E-state index in [4.69, 9.17) is 11.6 Å². The quantitative estimate of drug-likeness (QED) is 0.847. The van der Waals surface area contributed by atoms with Gasteiger partial charge in [-0.3, -0.25) is 0 Å². The molecular formula is C16H18ClNOS. The van der Waals surface area contributed by atoms with Gasteiger partial charge in [0.1, 0.15) is 5.75 Å². The van der Waals surface area contributed by atoms with Gasteiger partial charge < -0.3 is 10.4 Å². The van der Waals surface area contributed by atoms with Gasteiger partial charge >= 0.3 is 0 Å². The SMILES string of the molecule is CC[C@@H](N[C@H]1CCc2c(O)cccc21)c1ccc(Cl)s1. The first-order chi connectivity index (χ1) is 9.69. The fraction of sp³-hybridized carbons (Fsp3) is 0.375. The molecule has 1 aromatic carbocycles. The van der Waals surface area contributed by atoms with Crippen LogP contribution in [0, 0.1) is 0 Å². The summed E-state index contributed by atoms with van der Waals surface area (Å²) in [7, 11) is 0. The zero-order chi connectivity index (χ0) is 14.1. The summed E-state index contributed by atoms with van der Waals surface area (Å²) in [6, 6.07) is 10.5. The molecule has 0 saturated heterocycles. The van der Waals surface area contributed by atoms with E-state index in [1.165, 1.54) is 10.4 Å². The molecule has 0 unspecified atom stereocenters. The molecule has 1 aliphatic carbocycles. The molecule has 0 radical (unpaired) electrons. The molecule has 2 nitrogen and oxygen atoms in total. The van der Waals surface area contributed by atoms with E-state index in [0.29, 0.717) is 17.8 Å². The Balaban J connectivity index is 1.81. The van der Waals surface area contributed by atoms with Crippen molar-refractivity contribution in [1.82, 2.24) is 5.32 Å². The Morgan fingerprint density at radius 1 is 1.40 bits per heavy atom. The number of hydrogen-bond acceptors (Lipinski definition) is 3. The van der Waals surface area contributed by atoms with Crippen LogP contribution in [0.1, 0.15) is 47.9 Å². The van der Waals surface area contributed by atoms with Crippen LogP contribution in [-0.2, 0) is 6.42 Å². The normalized spacial score (nSPS) is 19.0. The maximum absolute atomic E-state index is 9.92. The minimum atomic E-state index is 0.322. The third-order valence-corrected chi connectivity index (χ3v) is 5.34. The highest BCUT2D eigenvalue weighted by molar-refractivity contribution is 7.16. The van der Waals surface area contributed by atoms with Crippen molar-refractivity contribution in [2.24, 2.45) is 0 Å². The first kappa shape index (κ1) is 13.9. The van der Waals surface area contributed by atoms with E-state index in [1.807, 2.05) is 12.1 Å². The third kappa shape index (κ3) is 2.58. The Bertz CT molecular complexity index is 610. The molecule has 1 heterocycles. The van der Waals surface area contributed by atoms with Crippen LogP contribution in [-0.4, -0.2) is 5.11 Å². The van der Waals surface area contributed by atoms with E-state index in [1.54, 1.807) is 17.4 Å². The van der Waals surface area contributed by atoms with E-state index in [2.05, 4.69) is 24.4 Å². The zero-order valence-electron chi connectivity index (χ0n) is 11.4. The Morgan fingerprint density at radius 2 is 2.25 bits per heavy atom. The van der Waals surface area contributed by atoms with Crippen molar-refractivity contribution >= 4 is 22.9 Å². The second-order valence-corrected chi connectivity index (χ2v) is 6.95. The Labute approximate surface area is 128 Å². The minimum Gasteiger partial charge on any atom is -0.508 e. The number of thiophene rings is 1. The number of hydrogen-bond donors (Lipinski definition) is 2. The summed E-state index contributed by atoms with van der Waals surface area (Å²) in [6.45, 7) is 2.18. The summed E-state index contributed by atoms with van der Waals surface area (Å²) in [5.41, 5.74) is 2.34. The summed E-state index contributed by atoms with van der Waals surface area (Å²) in [6.07, 6.45) is 3.02. The van der Waals surface area contributed by atoms with Crippen molar-refractivity contribution in [1.29, 1.82) is 0 Å². The van der Waals surface area contributed by atoms with Gasteiger partial charge in [-0.05, 0) is 48.6 Å². The molecule has 0 fully saturated rings. The molecule has 0 saturated carbocycles. The number of aromatic hydroxyl groups is 1. The number of benzene rings is 1. The molecule has 2 atom stereocenters. The summed E-state index contributed by atoms with van der Waals surface area (Å²) < 4.78 is 0.838. The lowest BCUT2D eigenvalue weighted by atomic mass is 10.1. The monoisotopic (exact) mass is 307 g/mol. The van der Waals surface area contributed by atoms with Crippen molar-refractivity contribution in [3.8, 4) is 5.75 Å². The molecule has 0 aliphatic heterocycles. The van der Waals surface area contributed by atoms with Gasteiger partial charge in [-0.25, -0.2) is 0 Å². The number of phenolic OH excluding ortho intramolecular Hbond substituents is 1. The summed E-state index contributed by atoms with van der Waals surface area (Å²) in [4.78, 5) is 1.28. The molecule has 0 spiro atoms. The maximum Gasteiger partial charge on any atom is 0.119 e. The van der Waals surface area contributed by atoms with E-state index >= 15 is 0 Å². The molecule has 0 bridgehead atoms. The molecule has 1 aliphatic rings. The van der Waals surface area contributed by atoms with E-state index < -0.39 is 0 Å². The van der Waals surface area contributed by atoms with Crippen molar-refractivity contribution in [3.63, 3.8) is 0 Å². The van der Waals surface area contributed by atoms with Gasteiger partial charge in [0.05, 0.1) is 4.34 Å². The highest BCUT2D eigenvalue weighted by atomic mass is 35.5. The Morgan fingerprint density at radius 3 is 2.95 bits per heavy atom. The lowest BCUT2D eigenvalue weighted by Gasteiger charge is -2.22. The average molecular weight is 308 g/mol. The van der Waals surface area contributed by atoms with Gasteiger partial charge in [0.15, 0.2) is 0 Å². The number of nitrogens with one attached hydrogen (secondary N) is 1.